The second-order valence-electron chi connectivity index (χ2n) is 8.55. The second kappa shape index (κ2) is 8.67. The van der Waals surface area contributed by atoms with Crippen LogP contribution in [0, 0.1) is 0 Å². The molecule has 1 saturated heterocycles. The Bertz CT molecular complexity index is 954. The SMILES string of the molecule is CCC1=CNC(N2CCC(N(C(=O)c3ccc(-c4cnco4)cc3)C3CC3)CC2)N=C1. The summed E-state index contributed by atoms with van der Waals surface area (Å²) < 4.78 is 5.35. The van der Waals surface area contributed by atoms with Crippen molar-refractivity contribution in [2.45, 2.75) is 57.4 Å². The minimum atomic E-state index is 0.0185. The summed E-state index contributed by atoms with van der Waals surface area (Å²) >= 11 is 0. The van der Waals surface area contributed by atoms with Crippen molar-refractivity contribution in [2.24, 2.45) is 4.99 Å². The number of nitrogens with one attached hydrogen (secondary N) is 1. The number of hydrogen-bond acceptors (Lipinski definition) is 6. The van der Waals surface area contributed by atoms with E-state index in [9.17, 15) is 4.79 Å². The predicted molar refractivity (Wildman–Crippen MR) is 120 cm³/mol. The zero-order valence-corrected chi connectivity index (χ0v) is 17.9. The number of rotatable bonds is 6. The first-order chi connectivity index (χ1) is 15.2. The number of aliphatic imine (C=N–C) groups is 1. The molecule has 2 aromatic rings. The van der Waals surface area contributed by atoms with Gasteiger partial charge in [0, 0.05) is 48.7 Å². The van der Waals surface area contributed by atoms with Gasteiger partial charge in [0.05, 0.1) is 6.20 Å². The van der Waals surface area contributed by atoms with Crippen LogP contribution in [0.2, 0.25) is 0 Å². The largest absolute Gasteiger partial charge is 0.444 e. The number of carbonyl (C=O) groups excluding carboxylic acids is 1. The topological polar surface area (TPSA) is 74.0 Å². The maximum absolute atomic E-state index is 13.4. The summed E-state index contributed by atoms with van der Waals surface area (Å²) in [5.74, 6) is 0.861. The third kappa shape index (κ3) is 4.28. The normalized spacial score (nSPS) is 22.1. The molecule has 1 saturated carbocycles. The number of hydrogen-bond donors (Lipinski definition) is 1. The van der Waals surface area contributed by atoms with Crippen molar-refractivity contribution < 1.29 is 9.21 Å². The lowest BCUT2D eigenvalue weighted by Gasteiger charge is -2.41. The standard InChI is InChI=1S/C24H29N5O2/c1-2-17-13-26-24(27-14-17)28-11-9-21(10-12-28)29(20-7-8-20)23(30)19-5-3-18(4-6-19)22-15-25-16-31-22/h3-6,13-16,20-21,24,26H,2,7-12H2,1H3. The van der Waals surface area contributed by atoms with Gasteiger partial charge in [0.1, 0.15) is 0 Å². The van der Waals surface area contributed by atoms with Gasteiger partial charge in [-0.1, -0.05) is 19.1 Å². The Kier molecular flexibility index (Phi) is 5.59. The van der Waals surface area contributed by atoms with Gasteiger partial charge in [0.2, 0.25) is 0 Å². The molecule has 31 heavy (non-hydrogen) atoms. The van der Waals surface area contributed by atoms with Crippen LogP contribution in [0.15, 0.2) is 58.0 Å². The van der Waals surface area contributed by atoms with Gasteiger partial charge < -0.3 is 14.6 Å². The molecule has 1 amide bonds. The van der Waals surface area contributed by atoms with Crippen LogP contribution in [-0.2, 0) is 0 Å². The van der Waals surface area contributed by atoms with E-state index in [1.54, 1.807) is 6.20 Å². The van der Waals surface area contributed by atoms with Gasteiger partial charge in [0.25, 0.3) is 5.91 Å². The zero-order chi connectivity index (χ0) is 21.2. The van der Waals surface area contributed by atoms with Gasteiger partial charge in [-0.2, -0.15) is 0 Å². The van der Waals surface area contributed by atoms with Crippen molar-refractivity contribution in [3.05, 3.63) is 54.2 Å². The second-order valence-corrected chi connectivity index (χ2v) is 8.55. The number of piperidine rings is 1. The molecule has 3 aliphatic rings. The fourth-order valence-corrected chi connectivity index (χ4v) is 4.50. The van der Waals surface area contributed by atoms with E-state index in [-0.39, 0.29) is 12.2 Å². The van der Waals surface area contributed by atoms with Crippen LogP contribution in [0.4, 0.5) is 0 Å². The minimum Gasteiger partial charge on any atom is -0.444 e. The Balaban J connectivity index is 1.23. The summed E-state index contributed by atoms with van der Waals surface area (Å²) in [5, 5.41) is 3.41. The lowest BCUT2D eigenvalue weighted by Crippen LogP contribution is -2.53. The average molecular weight is 420 g/mol. The Morgan fingerprint density at radius 1 is 1.16 bits per heavy atom. The molecule has 1 unspecified atom stereocenters. The number of allylic oxidation sites excluding steroid dienone is 1. The third-order valence-corrected chi connectivity index (χ3v) is 6.47. The molecular weight excluding hydrogens is 390 g/mol. The summed E-state index contributed by atoms with van der Waals surface area (Å²) in [4.78, 5) is 26.6. The van der Waals surface area contributed by atoms with Gasteiger partial charge >= 0.3 is 0 Å². The minimum absolute atomic E-state index is 0.0185. The number of amides is 1. The number of carbonyl (C=O) groups is 1. The first-order valence-corrected chi connectivity index (χ1v) is 11.3. The fraction of sp³-hybridized carbons (Fsp3) is 0.458. The molecule has 0 bridgehead atoms. The molecule has 0 spiro atoms. The number of oxazole rings is 1. The maximum atomic E-state index is 13.4. The van der Waals surface area contributed by atoms with Gasteiger partial charge in [-0.05, 0) is 49.8 Å². The molecular formula is C24H29N5O2. The van der Waals surface area contributed by atoms with Crippen molar-refractivity contribution in [1.82, 2.24) is 20.1 Å². The molecule has 0 radical (unpaired) electrons. The van der Waals surface area contributed by atoms with Crippen molar-refractivity contribution in [3.8, 4) is 11.3 Å². The molecule has 5 rings (SSSR count). The van der Waals surface area contributed by atoms with E-state index in [0.29, 0.717) is 17.8 Å². The van der Waals surface area contributed by atoms with Crippen molar-refractivity contribution >= 4 is 12.1 Å². The van der Waals surface area contributed by atoms with E-state index in [1.807, 2.05) is 30.5 Å². The molecule has 7 nitrogen and oxygen atoms in total. The van der Waals surface area contributed by atoms with E-state index >= 15 is 0 Å². The van der Waals surface area contributed by atoms with Crippen molar-refractivity contribution in [1.29, 1.82) is 0 Å². The maximum Gasteiger partial charge on any atom is 0.254 e. The van der Waals surface area contributed by atoms with Gasteiger partial charge in [-0.25, -0.2) is 4.98 Å². The lowest BCUT2D eigenvalue weighted by molar-refractivity contribution is 0.0487. The highest BCUT2D eigenvalue weighted by atomic mass is 16.3. The summed E-state index contributed by atoms with van der Waals surface area (Å²) in [6.45, 7) is 4.02. The zero-order valence-electron chi connectivity index (χ0n) is 17.9. The van der Waals surface area contributed by atoms with Crippen LogP contribution in [0.25, 0.3) is 11.3 Å². The number of likely N-dealkylation sites (tertiary alicyclic amines) is 1. The van der Waals surface area contributed by atoms with E-state index < -0.39 is 0 Å². The van der Waals surface area contributed by atoms with Crippen LogP contribution >= 0.6 is 0 Å². The molecule has 1 aromatic carbocycles. The first kappa shape index (κ1) is 20.0. The van der Waals surface area contributed by atoms with Crippen LogP contribution in [0.1, 0.15) is 49.4 Å². The Morgan fingerprint density at radius 3 is 2.48 bits per heavy atom. The van der Waals surface area contributed by atoms with Crippen molar-refractivity contribution in [3.63, 3.8) is 0 Å². The molecule has 3 heterocycles. The Labute approximate surface area is 182 Å². The summed E-state index contributed by atoms with van der Waals surface area (Å²) in [6, 6.07) is 8.36. The molecule has 1 N–H and O–H groups in total. The van der Waals surface area contributed by atoms with Crippen LogP contribution in [0.5, 0.6) is 0 Å². The monoisotopic (exact) mass is 419 g/mol. The molecule has 7 heteroatoms. The number of aromatic nitrogens is 1. The summed E-state index contributed by atoms with van der Waals surface area (Å²) in [7, 11) is 0. The average Bonchev–Trinajstić information content (AvgIpc) is 3.51. The van der Waals surface area contributed by atoms with Crippen molar-refractivity contribution in [2.75, 3.05) is 13.1 Å². The highest BCUT2D eigenvalue weighted by Crippen LogP contribution is 2.34. The molecule has 1 atom stereocenters. The molecule has 162 valence electrons. The van der Waals surface area contributed by atoms with E-state index in [4.69, 9.17) is 4.42 Å². The van der Waals surface area contributed by atoms with E-state index in [0.717, 1.165) is 56.3 Å². The highest BCUT2D eigenvalue weighted by molar-refractivity contribution is 5.95. The molecule has 2 aliphatic heterocycles. The van der Waals surface area contributed by atoms with Crippen LogP contribution in [-0.4, -0.2) is 58.4 Å². The quantitative estimate of drug-likeness (QED) is 0.773. The van der Waals surface area contributed by atoms with Crippen LogP contribution < -0.4 is 5.32 Å². The number of nitrogens with zero attached hydrogens (tertiary/aromatic N) is 4. The molecule has 2 fully saturated rings. The summed E-state index contributed by atoms with van der Waals surface area (Å²) in [5.41, 5.74) is 2.90. The third-order valence-electron chi connectivity index (χ3n) is 6.47. The Hall–Kier alpha value is -2.93. The first-order valence-electron chi connectivity index (χ1n) is 11.3. The summed E-state index contributed by atoms with van der Waals surface area (Å²) in [6.07, 6.45) is 12.4. The lowest BCUT2D eigenvalue weighted by atomic mass is 10.0. The smallest absolute Gasteiger partial charge is 0.254 e. The Morgan fingerprint density at radius 2 is 1.90 bits per heavy atom. The van der Waals surface area contributed by atoms with Gasteiger partial charge in [-0.15, -0.1) is 0 Å². The highest BCUT2D eigenvalue weighted by Gasteiger charge is 2.39. The van der Waals surface area contributed by atoms with Crippen LogP contribution in [0.3, 0.4) is 0 Å². The molecule has 1 aromatic heterocycles. The van der Waals surface area contributed by atoms with E-state index in [1.165, 1.54) is 12.0 Å². The van der Waals surface area contributed by atoms with Gasteiger partial charge in [-0.3, -0.25) is 14.7 Å². The van der Waals surface area contributed by atoms with E-state index in [2.05, 4.69) is 38.2 Å². The number of benzene rings is 1. The molecule has 1 aliphatic carbocycles. The predicted octanol–water partition coefficient (Wildman–Crippen LogP) is 3.66. The van der Waals surface area contributed by atoms with Gasteiger partial charge in [0.15, 0.2) is 18.4 Å². The fourth-order valence-electron chi connectivity index (χ4n) is 4.50.